The molecule has 0 aromatic heterocycles. The molecule has 0 saturated heterocycles. The molecule has 5 nitrogen and oxygen atoms in total. The van der Waals surface area contributed by atoms with Gasteiger partial charge in [-0.3, -0.25) is 15.0 Å². The molecular weight excluding hydrogens is 300 g/mol. The first-order chi connectivity index (χ1) is 8.58. The van der Waals surface area contributed by atoms with Gasteiger partial charge in [-0.2, -0.15) is 0 Å². The van der Waals surface area contributed by atoms with Crippen LogP contribution in [-0.2, 0) is 6.54 Å². The van der Waals surface area contributed by atoms with E-state index in [1.165, 1.54) is 6.07 Å². The van der Waals surface area contributed by atoms with Crippen LogP contribution in [0, 0.1) is 10.1 Å². The smallest absolute Gasteiger partial charge is 0.273 e. The third-order valence-electron chi connectivity index (χ3n) is 2.44. The van der Waals surface area contributed by atoms with Crippen molar-refractivity contribution in [1.29, 1.82) is 0 Å². The van der Waals surface area contributed by atoms with E-state index in [0.29, 0.717) is 25.2 Å². The summed E-state index contributed by atoms with van der Waals surface area (Å²) in [5, 5.41) is 19.9. The Morgan fingerprint density at radius 3 is 2.83 bits per heavy atom. The summed E-state index contributed by atoms with van der Waals surface area (Å²) in [6, 6.07) is 4.85. The van der Waals surface area contributed by atoms with Gasteiger partial charge in [-0.15, -0.1) is 6.58 Å². The lowest BCUT2D eigenvalue weighted by atomic mass is 10.1. The fourth-order valence-corrected chi connectivity index (χ4v) is 2.07. The van der Waals surface area contributed by atoms with Crippen LogP contribution in [0.5, 0.6) is 0 Å². The monoisotopic (exact) mass is 314 g/mol. The summed E-state index contributed by atoms with van der Waals surface area (Å²) in [6.45, 7) is 5.08. The highest BCUT2D eigenvalue weighted by Crippen LogP contribution is 2.24. The highest BCUT2D eigenvalue weighted by atomic mass is 79.9. The Balaban J connectivity index is 2.95. The van der Waals surface area contributed by atoms with Gasteiger partial charge in [-0.05, 0) is 12.1 Å². The van der Waals surface area contributed by atoms with Gasteiger partial charge in [0.25, 0.3) is 5.69 Å². The molecule has 1 aromatic rings. The number of hydrogen-bond acceptors (Lipinski definition) is 4. The lowest BCUT2D eigenvalue weighted by Crippen LogP contribution is -2.26. The van der Waals surface area contributed by atoms with Crippen molar-refractivity contribution in [3.05, 3.63) is 51.0 Å². The molecule has 0 aliphatic heterocycles. The van der Waals surface area contributed by atoms with Crippen LogP contribution in [0.2, 0.25) is 0 Å². The summed E-state index contributed by atoms with van der Waals surface area (Å²) in [4.78, 5) is 12.4. The van der Waals surface area contributed by atoms with E-state index in [-0.39, 0.29) is 12.3 Å². The number of hydrogen-bond donors (Lipinski definition) is 1. The maximum Gasteiger partial charge on any atom is 0.273 e. The van der Waals surface area contributed by atoms with Gasteiger partial charge in [-0.25, -0.2) is 0 Å². The average molecular weight is 315 g/mol. The highest BCUT2D eigenvalue weighted by Gasteiger charge is 2.16. The highest BCUT2D eigenvalue weighted by molar-refractivity contribution is 9.10. The van der Waals surface area contributed by atoms with Gasteiger partial charge in [0.1, 0.15) is 0 Å². The predicted octanol–water partition coefficient (Wildman–Crippen LogP) is 2.34. The zero-order valence-corrected chi connectivity index (χ0v) is 11.5. The Hall–Kier alpha value is -1.24. The molecule has 1 aromatic carbocycles. The van der Waals surface area contributed by atoms with Crippen LogP contribution in [0.25, 0.3) is 0 Å². The fourth-order valence-electron chi connectivity index (χ4n) is 1.66. The summed E-state index contributed by atoms with van der Waals surface area (Å²) in [5.41, 5.74) is 0.704. The number of aliphatic hydroxyl groups excluding tert-OH is 1. The number of nitro groups is 1. The zero-order valence-electron chi connectivity index (χ0n) is 9.88. The normalized spacial score (nSPS) is 10.6. The fraction of sp³-hybridized carbons (Fsp3) is 0.333. The second-order valence-electron chi connectivity index (χ2n) is 3.78. The molecule has 0 fully saturated rings. The Morgan fingerprint density at radius 1 is 1.56 bits per heavy atom. The number of nitro benzene ring substituents is 1. The number of rotatable bonds is 7. The summed E-state index contributed by atoms with van der Waals surface area (Å²) >= 11 is 3.30. The molecule has 0 spiro atoms. The summed E-state index contributed by atoms with van der Waals surface area (Å²) in [7, 11) is 0. The van der Waals surface area contributed by atoms with Crippen molar-refractivity contribution in [2.75, 3.05) is 19.7 Å². The van der Waals surface area contributed by atoms with Crippen molar-refractivity contribution in [1.82, 2.24) is 4.90 Å². The van der Waals surface area contributed by atoms with Crippen LogP contribution in [-0.4, -0.2) is 34.6 Å². The number of aliphatic hydroxyl groups is 1. The van der Waals surface area contributed by atoms with Crippen LogP contribution in [0.1, 0.15) is 5.56 Å². The van der Waals surface area contributed by atoms with Crippen molar-refractivity contribution in [2.45, 2.75) is 6.54 Å². The summed E-state index contributed by atoms with van der Waals surface area (Å²) in [6.07, 6.45) is 1.71. The molecule has 0 aliphatic rings. The average Bonchev–Trinajstić information content (AvgIpc) is 2.29. The Labute approximate surface area is 114 Å². The van der Waals surface area contributed by atoms with Crippen molar-refractivity contribution < 1.29 is 10.0 Å². The van der Waals surface area contributed by atoms with Crippen LogP contribution in [0.3, 0.4) is 0 Å². The largest absolute Gasteiger partial charge is 0.395 e. The lowest BCUT2D eigenvalue weighted by Gasteiger charge is -2.19. The third kappa shape index (κ3) is 4.21. The minimum atomic E-state index is -0.396. The molecule has 0 radical (unpaired) electrons. The Kier molecular flexibility index (Phi) is 5.97. The third-order valence-corrected chi connectivity index (χ3v) is 2.93. The van der Waals surface area contributed by atoms with E-state index < -0.39 is 4.92 Å². The molecular formula is C12H15BrN2O3. The van der Waals surface area contributed by atoms with Crippen LogP contribution in [0.4, 0.5) is 5.69 Å². The molecule has 0 atom stereocenters. The standard InChI is InChI=1S/C12H15BrN2O3/c1-2-5-14(6-7-16)9-10-8-11(13)3-4-12(10)15(17)18/h2-4,8,16H,1,5-7,9H2. The van der Waals surface area contributed by atoms with Crippen molar-refractivity contribution in [3.63, 3.8) is 0 Å². The number of halogens is 1. The maximum absolute atomic E-state index is 10.9. The zero-order chi connectivity index (χ0) is 13.5. The summed E-state index contributed by atoms with van der Waals surface area (Å²) < 4.78 is 0.797. The SMILES string of the molecule is C=CCN(CCO)Cc1cc(Br)ccc1[N+](=O)[O-]. The van der Waals surface area contributed by atoms with Gasteiger partial charge in [0.05, 0.1) is 11.5 Å². The Bertz CT molecular complexity index is 437. The maximum atomic E-state index is 10.9. The van der Waals surface area contributed by atoms with E-state index in [2.05, 4.69) is 22.5 Å². The van der Waals surface area contributed by atoms with Gasteiger partial charge in [0, 0.05) is 35.7 Å². The molecule has 0 saturated carbocycles. The predicted molar refractivity (Wildman–Crippen MR) is 73.4 cm³/mol. The minimum Gasteiger partial charge on any atom is -0.395 e. The van der Waals surface area contributed by atoms with Crippen molar-refractivity contribution >= 4 is 21.6 Å². The minimum absolute atomic E-state index is 0.00956. The molecule has 1 N–H and O–H groups in total. The van der Waals surface area contributed by atoms with E-state index in [0.717, 1.165) is 4.47 Å². The van der Waals surface area contributed by atoms with Gasteiger partial charge >= 0.3 is 0 Å². The summed E-state index contributed by atoms with van der Waals surface area (Å²) in [5.74, 6) is 0. The van der Waals surface area contributed by atoms with Crippen molar-refractivity contribution in [3.8, 4) is 0 Å². The molecule has 0 aliphatic carbocycles. The van der Waals surface area contributed by atoms with E-state index >= 15 is 0 Å². The van der Waals surface area contributed by atoms with Gasteiger partial charge < -0.3 is 5.11 Å². The first-order valence-corrected chi connectivity index (χ1v) is 6.24. The topological polar surface area (TPSA) is 66.6 Å². The molecule has 18 heavy (non-hydrogen) atoms. The molecule has 6 heteroatoms. The quantitative estimate of drug-likeness (QED) is 0.476. The first-order valence-electron chi connectivity index (χ1n) is 5.45. The molecule has 98 valence electrons. The first kappa shape index (κ1) is 14.8. The molecule has 0 bridgehead atoms. The van der Waals surface area contributed by atoms with Crippen LogP contribution >= 0.6 is 15.9 Å². The van der Waals surface area contributed by atoms with Crippen LogP contribution < -0.4 is 0 Å². The second kappa shape index (κ2) is 7.25. The number of benzene rings is 1. The van der Waals surface area contributed by atoms with E-state index in [1.54, 1.807) is 18.2 Å². The van der Waals surface area contributed by atoms with E-state index in [9.17, 15) is 10.1 Å². The van der Waals surface area contributed by atoms with Gasteiger partial charge in [-0.1, -0.05) is 22.0 Å². The second-order valence-corrected chi connectivity index (χ2v) is 4.69. The van der Waals surface area contributed by atoms with Gasteiger partial charge in [0.2, 0.25) is 0 Å². The van der Waals surface area contributed by atoms with Crippen LogP contribution in [0.15, 0.2) is 35.3 Å². The number of nitrogens with zero attached hydrogens (tertiary/aromatic N) is 2. The molecule has 1 rings (SSSR count). The molecule has 0 heterocycles. The molecule has 0 unspecified atom stereocenters. The van der Waals surface area contributed by atoms with Crippen molar-refractivity contribution in [2.24, 2.45) is 0 Å². The molecule has 0 amide bonds. The van der Waals surface area contributed by atoms with Gasteiger partial charge in [0.15, 0.2) is 0 Å². The van der Waals surface area contributed by atoms with E-state index in [1.807, 2.05) is 4.90 Å². The Morgan fingerprint density at radius 2 is 2.28 bits per heavy atom. The lowest BCUT2D eigenvalue weighted by molar-refractivity contribution is -0.385. The van der Waals surface area contributed by atoms with E-state index in [4.69, 9.17) is 5.11 Å².